The molecule has 0 amide bonds. The average molecular weight is 1000 g/mol. The van der Waals surface area contributed by atoms with E-state index in [4.69, 9.17) is 14.2 Å². The molecule has 422 valence electrons. The number of esters is 3. The van der Waals surface area contributed by atoms with Gasteiger partial charge in [-0.15, -0.1) is 0 Å². The van der Waals surface area contributed by atoms with Crippen LogP contribution in [-0.2, 0) is 28.6 Å². The van der Waals surface area contributed by atoms with Gasteiger partial charge in [-0.05, 0) is 19.3 Å². The highest BCUT2D eigenvalue weighted by atomic mass is 16.6. The highest BCUT2D eigenvalue weighted by Gasteiger charge is 2.19. The normalized spacial score (nSPS) is 11.9. The summed E-state index contributed by atoms with van der Waals surface area (Å²) in [4.78, 5) is 37.9. The fraction of sp³-hybridized carbons (Fsp3) is 0.954. The highest BCUT2D eigenvalue weighted by molar-refractivity contribution is 5.71. The van der Waals surface area contributed by atoms with Crippen LogP contribution in [0, 0.1) is 0 Å². The topological polar surface area (TPSA) is 78.9 Å². The van der Waals surface area contributed by atoms with Crippen LogP contribution in [0.3, 0.4) is 0 Å². The summed E-state index contributed by atoms with van der Waals surface area (Å²) in [7, 11) is 0. The first-order valence-electron chi connectivity index (χ1n) is 32.5. The summed E-state index contributed by atoms with van der Waals surface area (Å²) in [6.07, 6.45) is 70.3. The molecule has 6 heteroatoms. The van der Waals surface area contributed by atoms with E-state index in [-0.39, 0.29) is 31.1 Å². The van der Waals surface area contributed by atoms with Crippen LogP contribution >= 0.6 is 0 Å². The van der Waals surface area contributed by atoms with Gasteiger partial charge in [0.15, 0.2) is 6.10 Å². The first kappa shape index (κ1) is 69.4. The fourth-order valence-corrected chi connectivity index (χ4v) is 10.2. The number of hydrogen-bond acceptors (Lipinski definition) is 6. The number of ether oxygens (including phenoxy) is 3. The van der Waals surface area contributed by atoms with Crippen molar-refractivity contribution >= 4 is 17.9 Å². The molecule has 0 saturated heterocycles. The lowest BCUT2D eigenvalue weighted by atomic mass is 10.0. The van der Waals surface area contributed by atoms with E-state index in [1.807, 2.05) is 0 Å². The highest BCUT2D eigenvalue weighted by Crippen LogP contribution is 2.19. The Kier molecular flexibility index (Phi) is 59.6. The van der Waals surface area contributed by atoms with Gasteiger partial charge in [-0.25, -0.2) is 0 Å². The summed E-state index contributed by atoms with van der Waals surface area (Å²) >= 11 is 0. The maximum absolute atomic E-state index is 12.8. The van der Waals surface area contributed by atoms with E-state index in [1.54, 1.807) is 0 Å². The van der Waals surface area contributed by atoms with Gasteiger partial charge in [0.2, 0.25) is 0 Å². The third-order valence-corrected chi connectivity index (χ3v) is 15.1. The molecule has 0 bridgehead atoms. The molecule has 0 aromatic heterocycles. The molecule has 0 aromatic carbocycles. The van der Waals surface area contributed by atoms with Crippen molar-refractivity contribution in [1.29, 1.82) is 0 Å². The molecular weight excluding hydrogens is 877 g/mol. The second-order valence-corrected chi connectivity index (χ2v) is 22.4. The molecule has 0 N–H and O–H groups in total. The van der Waals surface area contributed by atoms with Crippen LogP contribution in [0.2, 0.25) is 0 Å². The van der Waals surface area contributed by atoms with Gasteiger partial charge in [-0.2, -0.15) is 0 Å². The second-order valence-electron chi connectivity index (χ2n) is 22.4. The Hall–Kier alpha value is -1.59. The molecule has 0 aromatic rings. The van der Waals surface area contributed by atoms with Crippen LogP contribution in [0.25, 0.3) is 0 Å². The Morgan fingerprint density at radius 2 is 0.380 bits per heavy atom. The molecular formula is C65H126O6. The zero-order valence-corrected chi connectivity index (χ0v) is 48.5. The Bertz CT molecular complexity index is 1060. The summed E-state index contributed by atoms with van der Waals surface area (Å²) in [5.74, 6) is -0.846. The molecule has 0 aliphatic carbocycles. The van der Waals surface area contributed by atoms with Crippen molar-refractivity contribution in [3.8, 4) is 0 Å². The summed E-state index contributed by atoms with van der Waals surface area (Å²) in [6.45, 7) is 6.64. The molecule has 1 atom stereocenters. The number of hydrogen-bond donors (Lipinski definition) is 0. The first-order chi connectivity index (χ1) is 35.0. The van der Waals surface area contributed by atoms with Crippen molar-refractivity contribution in [2.24, 2.45) is 0 Å². The molecule has 0 aliphatic rings. The third-order valence-electron chi connectivity index (χ3n) is 15.1. The number of carbonyl (C=O) groups excluding carboxylic acids is 3. The van der Waals surface area contributed by atoms with Gasteiger partial charge < -0.3 is 14.2 Å². The molecule has 71 heavy (non-hydrogen) atoms. The van der Waals surface area contributed by atoms with E-state index < -0.39 is 6.10 Å². The van der Waals surface area contributed by atoms with Crippen molar-refractivity contribution in [1.82, 2.24) is 0 Å². The molecule has 0 rings (SSSR count). The lowest BCUT2D eigenvalue weighted by molar-refractivity contribution is -0.167. The van der Waals surface area contributed by atoms with E-state index in [0.29, 0.717) is 19.3 Å². The number of unbranched alkanes of at least 4 members (excludes halogenated alkanes) is 50. The van der Waals surface area contributed by atoms with Gasteiger partial charge in [-0.1, -0.05) is 342 Å². The summed E-state index contributed by atoms with van der Waals surface area (Å²) in [5.41, 5.74) is 0. The largest absolute Gasteiger partial charge is 0.462 e. The minimum atomic E-state index is -0.760. The predicted octanol–water partition coefficient (Wildman–Crippen LogP) is 21.9. The van der Waals surface area contributed by atoms with Gasteiger partial charge in [0.25, 0.3) is 0 Å². The summed E-state index contributed by atoms with van der Waals surface area (Å²) < 4.78 is 16.8. The van der Waals surface area contributed by atoms with Crippen LogP contribution in [0.1, 0.15) is 380 Å². The van der Waals surface area contributed by atoms with E-state index in [2.05, 4.69) is 20.8 Å². The number of carbonyl (C=O) groups is 3. The van der Waals surface area contributed by atoms with Crippen molar-refractivity contribution < 1.29 is 28.6 Å². The van der Waals surface area contributed by atoms with Gasteiger partial charge >= 0.3 is 17.9 Å². The minimum absolute atomic E-state index is 0.0623. The molecule has 0 spiro atoms. The van der Waals surface area contributed by atoms with Gasteiger partial charge in [0.05, 0.1) is 0 Å². The molecule has 0 saturated carbocycles. The summed E-state index contributed by atoms with van der Waals surface area (Å²) in [5, 5.41) is 0. The van der Waals surface area contributed by atoms with Gasteiger partial charge in [-0.3, -0.25) is 14.4 Å². The van der Waals surface area contributed by atoms with E-state index >= 15 is 0 Å². The quantitative estimate of drug-likeness (QED) is 0.0343. The van der Waals surface area contributed by atoms with Crippen molar-refractivity contribution in [3.63, 3.8) is 0 Å². The monoisotopic (exact) mass is 1000 g/mol. The van der Waals surface area contributed by atoms with E-state index in [1.165, 1.54) is 276 Å². The Balaban J connectivity index is 3.93. The van der Waals surface area contributed by atoms with Crippen molar-refractivity contribution in [2.75, 3.05) is 13.2 Å². The maximum atomic E-state index is 12.8. The Morgan fingerprint density at radius 3 is 0.563 bits per heavy atom. The Morgan fingerprint density at radius 1 is 0.225 bits per heavy atom. The minimum Gasteiger partial charge on any atom is -0.462 e. The van der Waals surface area contributed by atoms with E-state index in [0.717, 1.165) is 64.2 Å². The van der Waals surface area contributed by atoms with Gasteiger partial charge in [0.1, 0.15) is 13.2 Å². The molecule has 6 nitrogen and oxygen atoms in total. The average Bonchev–Trinajstić information content (AvgIpc) is 3.37. The predicted molar refractivity (Wildman–Crippen MR) is 307 cm³/mol. The van der Waals surface area contributed by atoms with Crippen LogP contribution in [0.5, 0.6) is 0 Å². The molecule has 1 unspecified atom stereocenters. The third kappa shape index (κ3) is 59.2. The SMILES string of the molecule is CCCCCCCCCCCCCCCCCCCCCCCCCCCCCC(=O)OCC(COC(=O)CCCCCCC)OC(=O)CCCCCCCCCCCCCCCCCCCCCCC. The molecule has 0 radical (unpaired) electrons. The maximum Gasteiger partial charge on any atom is 0.306 e. The van der Waals surface area contributed by atoms with Crippen molar-refractivity contribution in [2.45, 2.75) is 386 Å². The lowest BCUT2D eigenvalue weighted by Gasteiger charge is -2.18. The molecule has 0 aliphatic heterocycles. The first-order valence-corrected chi connectivity index (χ1v) is 32.5. The Labute approximate surface area is 444 Å². The zero-order chi connectivity index (χ0) is 51.4. The second kappa shape index (κ2) is 61.0. The standard InChI is InChI=1S/C65H126O6/c1-4-7-10-13-15-17-19-21-23-25-27-29-30-31-32-33-34-36-37-39-41-43-45-47-49-52-55-58-64(67)70-61-62(60-69-63(66)57-54-51-12-9-6-3)71-65(68)59-56-53-50-48-46-44-42-40-38-35-28-26-24-22-20-18-16-14-11-8-5-2/h62H,4-61H2,1-3H3. The van der Waals surface area contributed by atoms with E-state index in [9.17, 15) is 14.4 Å². The molecule has 0 heterocycles. The zero-order valence-electron chi connectivity index (χ0n) is 48.5. The van der Waals surface area contributed by atoms with Crippen LogP contribution in [-0.4, -0.2) is 37.2 Å². The van der Waals surface area contributed by atoms with Gasteiger partial charge in [0, 0.05) is 19.3 Å². The van der Waals surface area contributed by atoms with Crippen molar-refractivity contribution in [3.05, 3.63) is 0 Å². The van der Waals surface area contributed by atoms with Crippen LogP contribution < -0.4 is 0 Å². The van der Waals surface area contributed by atoms with Crippen LogP contribution in [0.4, 0.5) is 0 Å². The number of rotatable bonds is 61. The van der Waals surface area contributed by atoms with Crippen LogP contribution in [0.15, 0.2) is 0 Å². The smallest absolute Gasteiger partial charge is 0.306 e. The summed E-state index contributed by atoms with van der Waals surface area (Å²) in [6, 6.07) is 0. The lowest BCUT2D eigenvalue weighted by Crippen LogP contribution is -2.30. The molecule has 0 fully saturated rings. The fourth-order valence-electron chi connectivity index (χ4n) is 10.2.